The fraction of sp³-hybridized carbons (Fsp3) is 0.250. The van der Waals surface area contributed by atoms with Gasteiger partial charge in [0.1, 0.15) is 11.6 Å². The van der Waals surface area contributed by atoms with Crippen LogP contribution in [0.4, 0.5) is 8.78 Å². The zero-order valence-corrected chi connectivity index (χ0v) is 8.84. The first-order chi connectivity index (χ1) is 7.58. The van der Waals surface area contributed by atoms with Gasteiger partial charge in [0.25, 0.3) is 5.91 Å². The molecule has 0 aliphatic carbocycles. The molecule has 0 radical (unpaired) electrons. The summed E-state index contributed by atoms with van der Waals surface area (Å²) in [6.45, 7) is 2.25. The Balaban J connectivity index is 2.99. The van der Waals surface area contributed by atoms with Gasteiger partial charge in [-0.05, 0) is 19.1 Å². The molecule has 0 N–H and O–H groups in total. The first-order valence-electron chi connectivity index (χ1n) is 4.77. The van der Waals surface area contributed by atoms with Crippen LogP contribution < -0.4 is 0 Å². The molecule has 16 heavy (non-hydrogen) atoms. The third kappa shape index (κ3) is 2.80. The van der Waals surface area contributed by atoms with E-state index in [2.05, 4.69) is 5.92 Å². The maximum absolute atomic E-state index is 12.9. The van der Waals surface area contributed by atoms with Gasteiger partial charge in [-0.3, -0.25) is 4.79 Å². The van der Waals surface area contributed by atoms with Crippen molar-refractivity contribution in [2.45, 2.75) is 6.92 Å². The highest BCUT2D eigenvalue weighted by Crippen LogP contribution is 2.10. The average molecular weight is 223 g/mol. The Morgan fingerprint density at radius 3 is 2.38 bits per heavy atom. The molecular weight excluding hydrogens is 212 g/mol. The van der Waals surface area contributed by atoms with E-state index in [1.165, 1.54) is 4.90 Å². The van der Waals surface area contributed by atoms with Crippen LogP contribution in [0, 0.1) is 24.0 Å². The second-order valence-electron chi connectivity index (χ2n) is 3.18. The van der Waals surface area contributed by atoms with Gasteiger partial charge in [0.2, 0.25) is 0 Å². The van der Waals surface area contributed by atoms with Gasteiger partial charge >= 0.3 is 0 Å². The highest BCUT2D eigenvalue weighted by Gasteiger charge is 2.14. The number of carbonyl (C=O) groups is 1. The minimum atomic E-state index is -0.778. The van der Waals surface area contributed by atoms with E-state index in [4.69, 9.17) is 6.42 Å². The quantitative estimate of drug-likeness (QED) is 0.718. The summed E-state index contributed by atoms with van der Waals surface area (Å²) in [7, 11) is 0. The van der Waals surface area contributed by atoms with E-state index in [-0.39, 0.29) is 12.1 Å². The van der Waals surface area contributed by atoms with Crippen molar-refractivity contribution in [2.75, 3.05) is 13.1 Å². The fourth-order valence-corrected chi connectivity index (χ4v) is 1.30. The van der Waals surface area contributed by atoms with Gasteiger partial charge in [0, 0.05) is 18.2 Å². The molecule has 0 aliphatic heterocycles. The summed E-state index contributed by atoms with van der Waals surface area (Å²) >= 11 is 0. The van der Waals surface area contributed by atoms with Gasteiger partial charge in [-0.1, -0.05) is 5.92 Å². The summed E-state index contributed by atoms with van der Waals surface area (Å²) in [4.78, 5) is 13.1. The third-order valence-electron chi connectivity index (χ3n) is 2.06. The Bertz CT molecular complexity index is 417. The zero-order chi connectivity index (χ0) is 12.1. The second kappa shape index (κ2) is 5.26. The first-order valence-corrected chi connectivity index (χ1v) is 4.77. The number of rotatable bonds is 3. The van der Waals surface area contributed by atoms with Crippen LogP contribution in [-0.4, -0.2) is 23.9 Å². The summed E-state index contributed by atoms with van der Waals surface area (Å²) in [5.41, 5.74) is -0.0328. The van der Waals surface area contributed by atoms with E-state index in [9.17, 15) is 13.6 Å². The van der Waals surface area contributed by atoms with Gasteiger partial charge in [0.05, 0.1) is 6.54 Å². The van der Waals surface area contributed by atoms with Crippen molar-refractivity contribution in [3.8, 4) is 12.3 Å². The average Bonchev–Trinajstić information content (AvgIpc) is 2.23. The maximum Gasteiger partial charge on any atom is 0.254 e. The highest BCUT2D eigenvalue weighted by atomic mass is 19.1. The number of hydrogen-bond donors (Lipinski definition) is 0. The molecule has 1 aromatic carbocycles. The highest BCUT2D eigenvalue weighted by molar-refractivity contribution is 5.94. The van der Waals surface area contributed by atoms with Gasteiger partial charge in [0.15, 0.2) is 0 Å². The number of halogens is 2. The van der Waals surface area contributed by atoms with E-state index in [0.29, 0.717) is 12.6 Å². The number of terminal acetylenes is 1. The van der Waals surface area contributed by atoms with Crippen molar-refractivity contribution in [3.63, 3.8) is 0 Å². The van der Waals surface area contributed by atoms with Crippen molar-refractivity contribution in [1.29, 1.82) is 0 Å². The van der Waals surface area contributed by atoms with Crippen molar-refractivity contribution in [2.24, 2.45) is 0 Å². The molecule has 84 valence electrons. The molecule has 4 heteroatoms. The van der Waals surface area contributed by atoms with E-state index < -0.39 is 17.5 Å². The van der Waals surface area contributed by atoms with Crippen LogP contribution >= 0.6 is 0 Å². The Morgan fingerprint density at radius 1 is 1.38 bits per heavy atom. The summed E-state index contributed by atoms with van der Waals surface area (Å²) < 4.78 is 25.8. The molecule has 0 bridgehead atoms. The molecule has 0 saturated heterocycles. The predicted molar refractivity (Wildman–Crippen MR) is 56.8 cm³/mol. The summed E-state index contributed by atoms with van der Waals surface area (Å²) in [6.07, 6.45) is 5.09. The lowest BCUT2D eigenvalue weighted by Gasteiger charge is -2.17. The van der Waals surface area contributed by atoms with Crippen LogP contribution in [0.2, 0.25) is 0 Å². The van der Waals surface area contributed by atoms with Crippen LogP contribution in [0.25, 0.3) is 0 Å². The molecule has 0 heterocycles. The molecule has 0 unspecified atom stereocenters. The molecule has 1 rings (SSSR count). The topological polar surface area (TPSA) is 20.3 Å². The third-order valence-corrected chi connectivity index (χ3v) is 2.06. The fourth-order valence-electron chi connectivity index (χ4n) is 1.30. The minimum absolute atomic E-state index is 0.0328. The largest absolute Gasteiger partial charge is 0.328 e. The number of amides is 1. The van der Waals surface area contributed by atoms with Gasteiger partial charge in [-0.2, -0.15) is 0 Å². The van der Waals surface area contributed by atoms with E-state index in [1.807, 2.05) is 0 Å². The summed E-state index contributed by atoms with van der Waals surface area (Å²) in [5.74, 6) is 0.288. The van der Waals surface area contributed by atoms with Crippen molar-refractivity contribution in [3.05, 3.63) is 35.4 Å². The maximum atomic E-state index is 12.9. The first kappa shape index (κ1) is 12.2. The number of benzene rings is 1. The molecule has 1 aromatic rings. The number of hydrogen-bond acceptors (Lipinski definition) is 1. The molecule has 1 amide bonds. The standard InChI is InChI=1S/C12H11F2NO/c1-3-5-15(4-2)12(16)9-6-10(13)8-11(14)7-9/h1,6-8H,4-5H2,2H3. The van der Waals surface area contributed by atoms with E-state index in [1.54, 1.807) is 6.92 Å². The van der Waals surface area contributed by atoms with E-state index >= 15 is 0 Å². The van der Waals surface area contributed by atoms with Crippen LogP contribution in [0.3, 0.4) is 0 Å². The number of nitrogens with zero attached hydrogens (tertiary/aromatic N) is 1. The van der Waals surface area contributed by atoms with Crippen LogP contribution in [0.15, 0.2) is 18.2 Å². The molecule has 0 spiro atoms. The predicted octanol–water partition coefficient (Wildman–Crippen LogP) is 2.06. The Hall–Kier alpha value is -1.89. The molecule has 0 aromatic heterocycles. The van der Waals surface area contributed by atoms with Crippen LogP contribution in [0.5, 0.6) is 0 Å². The SMILES string of the molecule is C#CCN(CC)C(=O)c1cc(F)cc(F)c1. The molecule has 0 atom stereocenters. The zero-order valence-electron chi connectivity index (χ0n) is 8.84. The van der Waals surface area contributed by atoms with Crippen LogP contribution in [0.1, 0.15) is 17.3 Å². The van der Waals surface area contributed by atoms with Crippen molar-refractivity contribution < 1.29 is 13.6 Å². The smallest absolute Gasteiger partial charge is 0.254 e. The van der Waals surface area contributed by atoms with Crippen molar-refractivity contribution in [1.82, 2.24) is 4.90 Å². The normalized spacial score (nSPS) is 9.62. The lowest BCUT2D eigenvalue weighted by atomic mass is 10.2. The lowest BCUT2D eigenvalue weighted by molar-refractivity contribution is 0.0784. The lowest BCUT2D eigenvalue weighted by Crippen LogP contribution is -2.31. The molecule has 0 saturated carbocycles. The Kier molecular flexibility index (Phi) is 4.01. The summed E-state index contributed by atoms with van der Waals surface area (Å²) in [5, 5.41) is 0. The second-order valence-corrected chi connectivity index (χ2v) is 3.18. The van der Waals surface area contributed by atoms with Gasteiger partial charge < -0.3 is 4.90 Å². The Morgan fingerprint density at radius 2 is 1.94 bits per heavy atom. The van der Waals surface area contributed by atoms with E-state index in [0.717, 1.165) is 12.1 Å². The molecule has 0 fully saturated rings. The molecular formula is C12H11F2NO. The van der Waals surface area contributed by atoms with Gasteiger partial charge in [-0.25, -0.2) is 8.78 Å². The Labute approximate surface area is 92.9 Å². The summed E-state index contributed by atoms with van der Waals surface area (Å²) in [6, 6.07) is 2.70. The number of carbonyl (C=O) groups excluding carboxylic acids is 1. The van der Waals surface area contributed by atoms with Crippen molar-refractivity contribution >= 4 is 5.91 Å². The minimum Gasteiger partial charge on any atom is -0.328 e. The molecule has 0 aliphatic rings. The van der Waals surface area contributed by atoms with Gasteiger partial charge in [-0.15, -0.1) is 6.42 Å². The monoisotopic (exact) mass is 223 g/mol. The van der Waals surface area contributed by atoms with Crippen LogP contribution in [-0.2, 0) is 0 Å². The molecule has 2 nitrogen and oxygen atoms in total.